The third kappa shape index (κ3) is 3.57. The molecular formula is C16H18N2O2. The lowest BCUT2D eigenvalue weighted by atomic mass is 10.2. The van der Waals surface area contributed by atoms with Gasteiger partial charge in [-0.25, -0.2) is 4.98 Å². The van der Waals surface area contributed by atoms with Crippen molar-refractivity contribution in [2.24, 2.45) is 0 Å². The Morgan fingerprint density at radius 3 is 2.65 bits per heavy atom. The van der Waals surface area contributed by atoms with E-state index in [1.165, 1.54) is 0 Å². The molecule has 1 amide bonds. The zero-order valence-electron chi connectivity index (χ0n) is 11.7. The van der Waals surface area contributed by atoms with Gasteiger partial charge < -0.3 is 10.1 Å². The number of hydrogen-bond acceptors (Lipinski definition) is 3. The molecule has 2 rings (SSSR count). The van der Waals surface area contributed by atoms with Crippen molar-refractivity contribution in [1.29, 1.82) is 0 Å². The molecule has 2 aromatic rings. The van der Waals surface area contributed by atoms with Crippen molar-refractivity contribution < 1.29 is 9.53 Å². The Bertz CT molecular complexity index is 579. The van der Waals surface area contributed by atoms with Gasteiger partial charge in [0.05, 0.1) is 6.61 Å². The minimum Gasteiger partial charge on any atom is -0.494 e. The molecule has 0 aliphatic rings. The molecule has 0 radical (unpaired) electrons. The summed E-state index contributed by atoms with van der Waals surface area (Å²) in [6, 6.07) is 10.8. The number of rotatable bonds is 5. The Hall–Kier alpha value is -2.36. The fourth-order valence-electron chi connectivity index (χ4n) is 1.72. The number of nitrogens with one attached hydrogen (secondary N) is 1. The summed E-state index contributed by atoms with van der Waals surface area (Å²) >= 11 is 0. The van der Waals surface area contributed by atoms with Crippen LogP contribution in [0.2, 0.25) is 0 Å². The third-order valence-electron chi connectivity index (χ3n) is 2.83. The number of nitrogens with zero attached hydrogens (tertiary/aromatic N) is 1. The van der Waals surface area contributed by atoms with E-state index in [4.69, 9.17) is 4.74 Å². The van der Waals surface area contributed by atoms with Gasteiger partial charge in [-0.1, -0.05) is 13.0 Å². The molecule has 0 bridgehead atoms. The minimum absolute atomic E-state index is 0.172. The number of aromatic nitrogens is 1. The highest BCUT2D eigenvalue weighted by Gasteiger charge is 2.08. The summed E-state index contributed by atoms with van der Waals surface area (Å²) in [7, 11) is 0. The summed E-state index contributed by atoms with van der Waals surface area (Å²) in [5, 5.41) is 2.80. The number of pyridine rings is 1. The van der Waals surface area contributed by atoms with Crippen LogP contribution < -0.4 is 10.1 Å². The van der Waals surface area contributed by atoms with Crippen molar-refractivity contribution in [2.75, 3.05) is 11.9 Å². The minimum atomic E-state index is -0.172. The van der Waals surface area contributed by atoms with Crippen molar-refractivity contribution in [3.63, 3.8) is 0 Å². The first-order valence-corrected chi connectivity index (χ1v) is 6.66. The lowest BCUT2D eigenvalue weighted by Gasteiger charge is -2.08. The van der Waals surface area contributed by atoms with Crippen LogP contribution in [0.25, 0.3) is 0 Å². The van der Waals surface area contributed by atoms with Crippen molar-refractivity contribution >= 4 is 11.7 Å². The van der Waals surface area contributed by atoms with E-state index in [0.29, 0.717) is 18.0 Å². The molecule has 0 fully saturated rings. The van der Waals surface area contributed by atoms with Gasteiger partial charge in [0.2, 0.25) is 0 Å². The SMILES string of the molecule is CCCOc1ccc(C(=O)Nc2ncccc2C)cc1. The number of anilines is 1. The molecule has 20 heavy (non-hydrogen) atoms. The molecule has 0 unspecified atom stereocenters. The molecule has 1 N–H and O–H groups in total. The van der Waals surface area contributed by atoms with Gasteiger partial charge in [-0.2, -0.15) is 0 Å². The predicted octanol–water partition coefficient (Wildman–Crippen LogP) is 3.43. The first-order chi connectivity index (χ1) is 9.70. The summed E-state index contributed by atoms with van der Waals surface area (Å²) in [5.74, 6) is 1.19. The van der Waals surface area contributed by atoms with Crippen LogP contribution in [-0.4, -0.2) is 17.5 Å². The molecule has 0 atom stereocenters. The Morgan fingerprint density at radius 2 is 2.00 bits per heavy atom. The molecule has 4 heteroatoms. The van der Waals surface area contributed by atoms with Gasteiger partial charge in [0.25, 0.3) is 5.91 Å². The van der Waals surface area contributed by atoms with Crippen LogP contribution in [0.15, 0.2) is 42.6 Å². The standard InChI is InChI=1S/C16H18N2O2/c1-3-11-20-14-8-6-13(7-9-14)16(19)18-15-12(2)5-4-10-17-15/h4-10H,3,11H2,1-2H3,(H,17,18,19). The van der Waals surface area contributed by atoms with Gasteiger partial charge in [-0.3, -0.25) is 4.79 Å². The zero-order valence-corrected chi connectivity index (χ0v) is 11.7. The van der Waals surface area contributed by atoms with Crippen LogP contribution in [0.3, 0.4) is 0 Å². The maximum atomic E-state index is 12.1. The summed E-state index contributed by atoms with van der Waals surface area (Å²) in [6.45, 7) is 4.64. The van der Waals surface area contributed by atoms with Crippen LogP contribution in [0.1, 0.15) is 29.3 Å². The number of carbonyl (C=O) groups excluding carboxylic acids is 1. The number of carbonyl (C=O) groups is 1. The molecule has 1 aromatic heterocycles. The number of hydrogen-bond donors (Lipinski definition) is 1. The van der Waals surface area contributed by atoms with E-state index in [1.807, 2.05) is 19.1 Å². The van der Waals surface area contributed by atoms with Gasteiger partial charge in [-0.15, -0.1) is 0 Å². The first kappa shape index (κ1) is 14.1. The largest absolute Gasteiger partial charge is 0.494 e. The number of amides is 1. The monoisotopic (exact) mass is 270 g/mol. The topological polar surface area (TPSA) is 51.2 Å². The number of benzene rings is 1. The predicted molar refractivity (Wildman–Crippen MR) is 79.2 cm³/mol. The maximum Gasteiger partial charge on any atom is 0.256 e. The third-order valence-corrected chi connectivity index (χ3v) is 2.83. The van der Waals surface area contributed by atoms with E-state index in [9.17, 15) is 4.79 Å². The molecule has 4 nitrogen and oxygen atoms in total. The summed E-state index contributed by atoms with van der Waals surface area (Å²) in [6.07, 6.45) is 2.62. The van der Waals surface area contributed by atoms with E-state index in [2.05, 4.69) is 17.2 Å². The van der Waals surface area contributed by atoms with Gasteiger partial charge in [0.15, 0.2) is 0 Å². The Morgan fingerprint density at radius 1 is 1.25 bits per heavy atom. The van der Waals surface area contributed by atoms with Crippen LogP contribution in [0.5, 0.6) is 5.75 Å². The molecule has 1 heterocycles. The molecule has 0 saturated carbocycles. The Kier molecular flexibility index (Phi) is 4.71. The van der Waals surface area contributed by atoms with E-state index >= 15 is 0 Å². The van der Waals surface area contributed by atoms with E-state index in [-0.39, 0.29) is 5.91 Å². The highest BCUT2D eigenvalue weighted by Crippen LogP contribution is 2.15. The average Bonchev–Trinajstić information content (AvgIpc) is 2.48. The number of aryl methyl sites for hydroxylation is 1. The fourth-order valence-corrected chi connectivity index (χ4v) is 1.72. The van der Waals surface area contributed by atoms with Crippen molar-refractivity contribution in [3.8, 4) is 5.75 Å². The summed E-state index contributed by atoms with van der Waals surface area (Å²) < 4.78 is 5.48. The van der Waals surface area contributed by atoms with Gasteiger partial charge in [0.1, 0.15) is 11.6 Å². The van der Waals surface area contributed by atoms with Gasteiger partial charge in [0, 0.05) is 11.8 Å². The Labute approximate surface area is 118 Å². The smallest absolute Gasteiger partial charge is 0.256 e. The van der Waals surface area contributed by atoms with E-state index in [1.54, 1.807) is 30.5 Å². The molecule has 0 saturated heterocycles. The van der Waals surface area contributed by atoms with E-state index in [0.717, 1.165) is 17.7 Å². The van der Waals surface area contributed by atoms with Gasteiger partial charge in [-0.05, 0) is 49.2 Å². The first-order valence-electron chi connectivity index (χ1n) is 6.66. The van der Waals surface area contributed by atoms with Crippen LogP contribution >= 0.6 is 0 Å². The average molecular weight is 270 g/mol. The normalized spacial score (nSPS) is 10.1. The molecule has 0 spiro atoms. The summed E-state index contributed by atoms with van der Waals surface area (Å²) in [4.78, 5) is 16.2. The highest BCUT2D eigenvalue weighted by atomic mass is 16.5. The molecule has 1 aromatic carbocycles. The van der Waals surface area contributed by atoms with Crippen LogP contribution in [0, 0.1) is 6.92 Å². The van der Waals surface area contributed by atoms with Gasteiger partial charge >= 0.3 is 0 Å². The maximum absolute atomic E-state index is 12.1. The second-order valence-corrected chi connectivity index (χ2v) is 4.50. The highest BCUT2D eigenvalue weighted by molar-refractivity contribution is 6.04. The number of ether oxygens (including phenoxy) is 1. The second kappa shape index (κ2) is 6.70. The Balaban J connectivity index is 2.04. The second-order valence-electron chi connectivity index (χ2n) is 4.50. The lowest BCUT2D eigenvalue weighted by molar-refractivity contribution is 0.102. The quantitative estimate of drug-likeness (QED) is 0.905. The van der Waals surface area contributed by atoms with Crippen LogP contribution in [0.4, 0.5) is 5.82 Å². The van der Waals surface area contributed by atoms with Crippen molar-refractivity contribution in [3.05, 3.63) is 53.7 Å². The van der Waals surface area contributed by atoms with Crippen molar-refractivity contribution in [2.45, 2.75) is 20.3 Å². The summed E-state index contributed by atoms with van der Waals surface area (Å²) in [5.41, 5.74) is 1.52. The van der Waals surface area contributed by atoms with Crippen molar-refractivity contribution in [1.82, 2.24) is 4.98 Å². The lowest BCUT2D eigenvalue weighted by Crippen LogP contribution is -2.13. The molecule has 0 aliphatic carbocycles. The fraction of sp³-hybridized carbons (Fsp3) is 0.250. The molecule has 104 valence electrons. The zero-order chi connectivity index (χ0) is 14.4. The molecule has 0 aliphatic heterocycles. The molecular weight excluding hydrogens is 252 g/mol. The van der Waals surface area contributed by atoms with Crippen LogP contribution in [-0.2, 0) is 0 Å². The van der Waals surface area contributed by atoms with E-state index < -0.39 is 0 Å².